The number of hydrogen-bond acceptors (Lipinski definition) is 4. The molecule has 7 heteroatoms. The average molecular weight is 421 g/mol. The first-order valence-corrected chi connectivity index (χ1v) is 11.5. The Balaban J connectivity index is 1.54. The molecular formula is C23H24N4O2S. The van der Waals surface area contributed by atoms with Gasteiger partial charge in [-0.05, 0) is 49.9 Å². The zero-order chi connectivity index (χ0) is 21.1. The summed E-state index contributed by atoms with van der Waals surface area (Å²) >= 11 is 0. The summed E-state index contributed by atoms with van der Waals surface area (Å²) in [6.07, 6.45) is 3.68. The first-order chi connectivity index (χ1) is 14.5. The fraction of sp³-hybridized carbons (Fsp3) is 0.304. The molecule has 2 aromatic carbocycles. The molecule has 6 nitrogen and oxygen atoms in total. The summed E-state index contributed by atoms with van der Waals surface area (Å²) in [6, 6.07) is 18.2. The maximum absolute atomic E-state index is 13.1. The SMILES string of the molecule is Cc1cnc(-c2ccccc2)n1CC1CCCN(S(=O)(=O)c2ccc(C#N)cc2)C1. The Morgan fingerprint density at radius 2 is 1.87 bits per heavy atom. The van der Waals surface area contributed by atoms with Crippen molar-refractivity contribution in [1.29, 1.82) is 5.26 Å². The smallest absolute Gasteiger partial charge is 0.243 e. The Kier molecular flexibility index (Phi) is 5.71. The van der Waals surface area contributed by atoms with Crippen molar-refractivity contribution in [2.75, 3.05) is 13.1 Å². The maximum atomic E-state index is 13.1. The van der Waals surface area contributed by atoms with E-state index in [2.05, 4.69) is 9.55 Å². The molecule has 1 saturated heterocycles. The summed E-state index contributed by atoms with van der Waals surface area (Å²) in [5.74, 6) is 1.13. The van der Waals surface area contributed by atoms with Crippen molar-refractivity contribution in [2.24, 2.45) is 5.92 Å². The highest BCUT2D eigenvalue weighted by Crippen LogP contribution is 2.27. The van der Waals surface area contributed by atoms with Gasteiger partial charge in [0.1, 0.15) is 5.82 Å². The van der Waals surface area contributed by atoms with Crippen LogP contribution in [0, 0.1) is 24.2 Å². The summed E-state index contributed by atoms with van der Waals surface area (Å²) in [4.78, 5) is 4.83. The number of hydrogen-bond donors (Lipinski definition) is 0. The zero-order valence-electron chi connectivity index (χ0n) is 16.9. The second-order valence-corrected chi connectivity index (χ2v) is 9.65. The molecule has 0 N–H and O–H groups in total. The van der Waals surface area contributed by atoms with Gasteiger partial charge in [0.15, 0.2) is 0 Å². The minimum Gasteiger partial charge on any atom is -0.328 e. The third-order valence-corrected chi connectivity index (χ3v) is 7.51. The van der Waals surface area contributed by atoms with Gasteiger partial charge in [0.2, 0.25) is 10.0 Å². The third kappa shape index (κ3) is 4.02. The lowest BCUT2D eigenvalue weighted by atomic mass is 9.99. The number of sulfonamides is 1. The van der Waals surface area contributed by atoms with Crippen molar-refractivity contribution >= 4 is 10.0 Å². The van der Waals surface area contributed by atoms with Crippen molar-refractivity contribution in [3.8, 4) is 17.5 Å². The minimum absolute atomic E-state index is 0.210. The molecule has 0 bridgehead atoms. The summed E-state index contributed by atoms with van der Waals surface area (Å²) < 4.78 is 30.0. The van der Waals surface area contributed by atoms with Crippen molar-refractivity contribution in [3.05, 3.63) is 72.1 Å². The monoisotopic (exact) mass is 420 g/mol. The number of aromatic nitrogens is 2. The molecule has 1 aliphatic heterocycles. The standard InChI is InChI=1S/C23H24N4O2S/c1-18-15-25-23(21-7-3-2-4-8-21)27(18)17-20-6-5-13-26(16-20)30(28,29)22-11-9-19(14-24)10-12-22/h2-4,7-12,15,20H,5-6,13,16-17H2,1H3. The van der Waals surface area contributed by atoms with E-state index >= 15 is 0 Å². The second kappa shape index (κ2) is 8.42. The molecule has 4 rings (SSSR count). The van der Waals surface area contributed by atoms with Gasteiger partial charge in [-0.25, -0.2) is 13.4 Å². The van der Waals surface area contributed by atoms with E-state index in [1.807, 2.05) is 49.5 Å². The Hall–Kier alpha value is -2.95. The van der Waals surface area contributed by atoms with Gasteiger partial charge in [-0.1, -0.05) is 30.3 Å². The molecule has 1 aliphatic rings. The predicted molar refractivity (Wildman–Crippen MR) is 115 cm³/mol. The van der Waals surface area contributed by atoms with Gasteiger partial charge in [-0.2, -0.15) is 9.57 Å². The van der Waals surface area contributed by atoms with E-state index in [1.165, 1.54) is 12.1 Å². The molecule has 1 fully saturated rings. The van der Waals surface area contributed by atoms with Crippen LogP contribution >= 0.6 is 0 Å². The van der Waals surface area contributed by atoms with E-state index < -0.39 is 10.0 Å². The van der Waals surface area contributed by atoms with Crippen LogP contribution in [0.2, 0.25) is 0 Å². The summed E-state index contributed by atoms with van der Waals surface area (Å²) in [7, 11) is -3.57. The van der Waals surface area contributed by atoms with Crippen molar-refractivity contribution in [3.63, 3.8) is 0 Å². The van der Waals surface area contributed by atoms with Crippen molar-refractivity contribution < 1.29 is 8.42 Å². The first kappa shape index (κ1) is 20.3. The van der Waals surface area contributed by atoms with E-state index in [-0.39, 0.29) is 10.8 Å². The predicted octanol–water partition coefficient (Wildman–Crippen LogP) is 3.83. The van der Waals surface area contributed by atoms with Gasteiger partial charge in [0.05, 0.1) is 16.5 Å². The highest BCUT2D eigenvalue weighted by molar-refractivity contribution is 7.89. The van der Waals surface area contributed by atoms with E-state index in [4.69, 9.17) is 5.26 Å². The lowest BCUT2D eigenvalue weighted by Crippen LogP contribution is -2.41. The molecule has 0 radical (unpaired) electrons. The van der Waals surface area contributed by atoms with Gasteiger partial charge in [-0.3, -0.25) is 0 Å². The van der Waals surface area contributed by atoms with Gasteiger partial charge in [-0.15, -0.1) is 0 Å². The largest absolute Gasteiger partial charge is 0.328 e. The molecule has 2 heterocycles. The molecule has 3 aromatic rings. The number of aryl methyl sites for hydroxylation is 1. The molecule has 0 amide bonds. The topological polar surface area (TPSA) is 79.0 Å². The molecule has 1 atom stereocenters. The number of rotatable bonds is 5. The fourth-order valence-electron chi connectivity index (χ4n) is 4.01. The van der Waals surface area contributed by atoms with Crippen LogP contribution in [0.15, 0.2) is 65.7 Å². The van der Waals surface area contributed by atoms with Gasteiger partial charge >= 0.3 is 0 Å². The molecule has 0 saturated carbocycles. The quantitative estimate of drug-likeness (QED) is 0.628. The second-order valence-electron chi connectivity index (χ2n) is 7.71. The molecule has 1 unspecified atom stereocenters. The Morgan fingerprint density at radius 1 is 1.13 bits per heavy atom. The van der Waals surface area contributed by atoms with Gasteiger partial charge in [0, 0.05) is 37.1 Å². The van der Waals surface area contributed by atoms with Crippen LogP contribution in [0.5, 0.6) is 0 Å². The van der Waals surface area contributed by atoms with Crippen LogP contribution in [-0.2, 0) is 16.6 Å². The van der Waals surface area contributed by atoms with Gasteiger partial charge < -0.3 is 4.57 Å². The van der Waals surface area contributed by atoms with Crippen LogP contribution in [0.1, 0.15) is 24.1 Å². The Bertz CT molecular complexity index is 1160. The highest BCUT2D eigenvalue weighted by Gasteiger charge is 2.31. The Morgan fingerprint density at radius 3 is 2.57 bits per heavy atom. The first-order valence-electron chi connectivity index (χ1n) is 10.1. The molecule has 1 aromatic heterocycles. The molecule has 0 aliphatic carbocycles. The van der Waals surface area contributed by atoms with Crippen molar-refractivity contribution in [1.82, 2.24) is 13.9 Å². The van der Waals surface area contributed by atoms with E-state index in [0.29, 0.717) is 18.7 Å². The number of nitrogens with zero attached hydrogens (tertiary/aromatic N) is 4. The molecule has 0 spiro atoms. The highest BCUT2D eigenvalue weighted by atomic mass is 32.2. The van der Waals surface area contributed by atoms with Crippen LogP contribution < -0.4 is 0 Å². The fourth-order valence-corrected chi connectivity index (χ4v) is 5.57. The van der Waals surface area contributed by atoms with Crippen LogP contribution in [0.25, 0.3) is 11.4 Å². The number of piperidine rings is 1. The number of benzene rings is 2. The van der Waals surface area contributed by atoms with Crippen LogP contribution in [0.4, 0.5) is 0 Å². The lowest BCUT2D eigenvalue weighted by molar-refractivity contribution is 0.245. The number of imidazole rings is 1. The normalized spacial score (nSPS) is 17.5. The van der Waals surface area contributed by atoms with E-state index in [1.54, 1.807) is 16.4 Å². The van der Waals surface area contributed by atoms with E-state index in [0.717, 1.165) is 36.5 Å². The summed E-state index contributed by atoms with van der Waals surface area (Å²) in [6.45, 7) is 3.77. The summed E-state index contributed by atoms with van der Waals surface area (Å²) in [5, 5.41) is 8.95. The van der Waals surface area contributed by atoms with Gasteiger partial charge in [0.25, 0.3) is 0 Å². The van der Waals surface area contributed by atoms with Crippen LogP contribution in [0.3, 0.4) is 0 Å². The zero-order valence-corrected chi connectivity index (χ0v) is 17.7. The Labute approximate surface area is 177 Å². The number of nitriles is 1. The summed E-state index contributed by atoms with van der Waals surface area (Å²) in [5.41, 5.74) is 2.58. The van der Waals surface area contributed by atoms with Crippen LogP contribution in [-0.4, -0.2) is 35.4 Å². The average Bonchev–Trinajstić information content (AvgIpc) is 3.14. The molecule has 154 valence electrons. The maximum Gasteiger partial charge on any atom is 0.243 e. The van der Waals surface area contributed by atoms with E-state index in [9.17, 15) is 8.42 Å². The lowest BCUT2D eigenvalue weighted by Gasteiger charge is -2.32. The minimum atomic E-state index is -3.57. The molecular weight excluding hydrogens is 396 g/mol. The van der Waals surface area contributed by atoms with Crippen molar-refractivity contribution in [2.45, 2.75) is 31.2 Å². The third-order valence-electron chi connectivity index (χ3n) is 5.63. The molecule has 30 heavy (non-hydrogen) atoms.